The average Bonchev–Trinajstić information content (AvgIpc) is 3.48. The van der Waals surface area contributed by atoms with Crippen LogP contribution in [0, 0.1) is 25.2 Å². The molecule has 0 aliphatic carbocycles. The summed E-state index contributed by atoms with van der Waals surface area (Å²) in [6, 6.07) is 16.3. The molecule has 0 saturated carbocycles. The standard InChI is InChI=1S/C27H21F3N4O3S/c1-15-3-6-19(7-4-15)34-10-9-20-23(18(14-38(36)37)11-16(2)24(20)34)26(35,27(28,29)30)25-32-21-8-5-17(13-31)12-22(21)33-25/h3-12,35H,14H2,1-2H3,(H,32,33)(H,36,37). The Balaban J connectivity index is 1.87. The van der Waals surface area contributed by atoms with E-state index in [1.807, 2.05) is 37.3 Å². The molecule has 5 rings (SSSR count). The number of nitriles is 1. The molecule has 0 bridgehead atoms. The van der Waals surface area contributed by atoms with Crippen molar-refractivity contribution in [2.45, 2.75) is 31.4 Å². The molecule has 0 fully saturated rings. The van der Waals surface area contributed by atoms with Crippen molar-refractivity contribution in [3.8, 4) is 11.8 Å². The fourth-order valence-electron chi connectivity index (χ4n) is 4.85. The van der Waals surface area contributed by atoms with Crippen molar-refractivity contribution in [2.24, 2.45) is 0 Å². The van der Waals surface area contributed by atoms with Gasteiger partial charge in [-0.05, 0) is 61.4 Å². The number of hydrogen-bond donors (Lipinski definition) is 3. The number of halogens is 3. The maximum absolute atomic E-state index is 15.0. The Morgan fingerprint density at radius 1 is 1.11 bits per heavy atom. The van der Waals surface area contributed by atoms with E-state index >= 15 is 0 Å². The number of fused-ring (bicyclic) bond motifs is 2. The third-order valence-electron chi connectivity index (χ3n) is 6.56. The minimum atomic E-state index is -5.28. The minimum absolute atomic E-state index is 0.0593. The first-order valence-corrected chi connectivity index (χ1v) is 12.7. The highest BCUT2D eigenvalue weighted by molar-refractivity contribution is 7.78. The van der Waals surface area contributed by atoms with E-state index in [2.05, 4.69) is 9.97 Å². The van der Waals surface area contributed by atoms with Gasteiger partial charge in [0.15, 0.2) is 16.9 Å². The summed E-state index contributed by atoms with van der Waals surface area (Å²) >= 11 is -2.50. The average molecular weight is 539 g/mol. The number of benzene rings is 3. The zero-order valence-electron chi connectivity index (χ0n) is 20.2. The largest absolute Gasteiger partial charge is 0.428 e. The number of aliphatic hydroxyl groups is 1. The summed E-state index contributed by atoms with van der Waals surface area (Å²) in [5, 5.41) is 20.9. The monoisotopic (exact) mass is 538 g/mol. The van der Waals surface area contributed by atoms with E-state index in [9.17, 15) is 32.3 Å². The SMILES string of the molecule is Cc1ccc(-n2ccc3c(C(O)(c4nc5ccc(C#N)cc5[nH]4)C(F)(F)F)c(CS(=O)O)cc(C)c32)cc1. The molecule has 0 amide bonds. The zero-order valence-corrected chi connectivity index (χ0v) is 21.0. The van der Waals surface area contributed by atoms with Gasteiger partial charge >= 0.3 is 6.18 Å². The van der Waals surface area contributed by atoms with Crippen LogP contribution < -0.4 is 0 Å². The number of H-pyrrole nitrogens is 1. The van der Waals surface area contributed by atoms with E-state index in [0.29, 0.717) is 16.8 Å². The summed E-state index contributed by atoms with van der Waals surface area (Å²) in [7, 11) is 0. The van der Waals surface area contributed by atoms with Gasteiger partial charge in [0.05, 0.1) is 33.9 Å². The van der Waals surface area contributed by atoms with E-state index in [-0.39, 0.29) is 27.5 Å². The molecule has 194 valence electrons. The quantitative estimate of drug-likeness (QED) is 0.255. The third-order valence-corrected chi connectivity index (χ3v) is 7.12. The van der Waals surface area contributed by atoms with E-state index in [0.717, 1.165) is 5.56 Å². The molecule has 38 heavy (non-hydrogen) atoms. The molecule has 0 radical (unpaired) electrons. The molecule has 5 aromatic rings. The van der Waals surface area contributed by atoms with Gasteiger partial charge in [-0.1, -0.05) is 23.8 Å². The van der Waals surface area contributed by atoms with Gasteiger partial charge in [-0.3, -0.25) is 0 Å². The predicted octanol–water partition coefficient (Wildman–Crippen LogP) is 5.52. The number of hydrogen-bond acceptors (Lipinski definition) is 4. The molecular weight excluding hydrogens is 517 g/mol. The maximum Gasteiger partial charge on any atom is 0.428 e. The smallest absolute Gasteiger partial charge is 0.370 e. The van der Waals surface area contributed by atoms with Crippen molar-refractivity contribution < 1.29 is 27.0 Å². The summed E-state index contributed by atoms with van der Waals surface area (Å²) in [5.74, 6) is -1.45. The second kappa shape index (κ2) is 9.09. The van der Waals surface area contributed by atoms with Crippen LogP contribution >= 0.6 is 0 Å². The fourth-order valence-corrected chi connectivity index (χ4v) is 5.34. The first-order valence-electron chi connectivity index (χ1n) is 11.4. The van der Waals surface area contributed by atoms with Crippen LogP contribution in [0.2, 0.25) is 0 Å². The van der Waals surface area contributed by atoms with Gasteiger partial charge in [0, 0.05) is 22.8 Å². The molecule has 0 aliphatic rings. The molecule has 2 atom stereocenters. The molecule has 0 saturated heterocycles. The molecule has 3 aromatic carbocycles. The highest BCUT2D eigenvalue weighted by Gasteiger charge is 2.60. The first kappa shape index (κ1) is 25.7. The predicted molar refractivity (Wildman–Crippen MR) is 137 cm³/mol. The maximum atomic E-state index is 15.0. The number of nitrogens with one attached hydrogen (secondary N) is 1. The van der Waals surface area contributed by atoms with Gasteiger partial charge in [-0.15, -0.1) is 0 Å². The van der Waals surface area contributed by atoms with Crippen molar-refractivity contribution in [3.63, 3.8) is 0 Å². The van der Waals surface area contributed by atoms with Gasteiger partial charge in [0.1, 0.15) is 0 Å². The summed E-state index contributed by atoms with van der Waals surface area (Å²) in [6.07, 6.45) is -3.68. The number of aromatic amines is 1. The van der Waals surface area contributed by atoms with Crippen molar-refractivity contribution in [2.75, 3.05) is 0 Å². The fraction of sp³-hybridized carbons (Fsp3) is 0.185. The zero-order chi connectivity index (χ0) is 27.4. The lowest BCUT2D eigenvalue weighted by Gasteiger charge is -2.32. The summed E-state index contributed by atoms with van der Waals surface area (Å²) in [5.41, 5.74) is -1.28. The van der Waals surface area contributed by atoms with Crippen molar-refractivity contribution in [1.29, 1.82) is 5.26 Å². The highest BCUT2D eigenvalue weighted by atomic mass is 32.2. The first-order chi connectivity index (χ1) is 17.9. The highest BCUT2D eigenvalue weighted by Crippen LogP contribution is 2.48. The summed E-state index contributed by atoms with van der Waals surface area (Å²) in [4.78, 5) is 6.59. The molecule has 3 N–H and O–H groups in total. The van der Waals surface area contributed by atoms with Crippen LogP contribution in [-0.4, -0.2) is 34.6 Å². The third kappa shape index (κ3) is 4.07. The van der Waals surface area contributed by atoms with Gasteiger partial charge in [0.25, 0.3) is 0 Å². The number of alkyl halides is 3. The normalized spacial score (nSPS) is 14.5. The number of nitrogens with zero attached hydrogens (tertiary/aromatic N) is 3. The van der Waals surface area contributed by atoms with Crippen LogP contribution in [0.1, 0.15) is 33.6 Å². The van der Waals surface area contributed by atoms with Crippen molar-refractivity contribution in [1.82, 2.24) is 14.5 Å². The second-order valence-electron chi connectivity index (χ2n) is 9.11. The molecule has 0 spiro atoms. The molecular formula is C27H21F3N4O3S. The van der Waals surface area contributed by atoms with Gasteiger partial charge < -0.3 is 19.2 Å². The molecule has 11 heteroatoms. The van der Waals surface area contributed by atoms with E-state index in [1.165, 1.54) is 30.3 Å². The molecule has 0 aliphatic heterocycles. The Bertz CT molecular complexity index is 1770. The summed E-state index contributed by atoms with van der Waals surface area (Å²) < 4.78 is 68.1. The Morgan fingerprint density at radius 2 is 1.82 bits per heavy atom. The lowest BCUT2D eigenvalue weighted by atomic mass is 9.85. The van der Waals surface area contributed by atoms with Crippen LogP contribution in [0.3, 0.4) is 0 Å². The van der Waals surface area contributed by atoms with Crippen LogP contribution in [-0.2, 0) is 22.4 Å². The number of imidazole rings is 1. The van der Waals surface area contributed by atoms with Crippen LogP contribution in [0.4, 0.5) is 13.2 Å². The van der Waals surface area contributed by atoms with Gasteiger partial charge in [0.2, 0.25) is 5.60 Å². The topological polar surface area (TPSA) is 115 Å². The minimum Gasteiger partial charge on any atom is -0.370 e. The number of rotatable bonds is 5. The summed E-state index contributed by atoms with van der Waals surface area (Å²) in [6.45, 7) is 3.61. The van der Waals surface area contributed by atoms with Crippen molar-refractivity contribution >= 4 is 33.0 Å². The van der Waals surface area contributed by atoms with Gasteiger partial charge in [-0.25, -0.2) is 9.19 Å². The van der Waals surface area contributed by atoms with Crippen molar-refractivity contribution in [3.05, 3.63) is 94.4 Å². The second-order valence-corrected chi connectivity index (χ2v) is 10.0. The van der Waals surface area contributed by atoms with E-state index in [1.54, 1.807) is 17.7 Å². The number of aryl methyl sites for hydroxylation is 2. The van der Waals surface area contributed by atoms with E-state index < -0.39 is 40.0 Å². The lowest BCUT2D eigenvalue weighted by molar-refractivity contribution is -0.250. The number of aromatic nitrogens is 3. The Kier molecular flexibility index (Phi) is 6.14. The van der Waals surface area contributed by atoms with Crippen LogP contribution in [0.15, 0.2) is 60.8 Å². The van der Waals surface area contributed by atoms with Crippen LogP contribution in [0.25, 0.3) is 27.6 Å². The molecule has 2 aromatic heterocycles. The Hall–Kier alpha value is -3.98. The Morgan fingerprint density at radius 3 is 2.45 bits per heavy atom. The Labute approximate surface area is 217 Å². The molecule has 7 nitrogen and oxygen atoms in total. The van der Waals surface area contributed by atoms with Crippen LogP contribution in [0.5, 0.6) is 0 Å². The van der Waals surface area contributed by atoms with Gasteiger partial charge in [-0.2, -0.15) is 18.4 Å². The molecule has 2 heterocycles. The molecule has 2 unspecified atom stereocenters. The lowest BCUT2D eigenvalue weighted by Crippen LogP contribution is -2.45. The van der Waals surface area contributed by atoms with E-state index in [4.69, 9.17) is 0 Å².